The minimum absolute atomic E-state index is 0. The van der Waals surface area contributed by atoms with Gasteiger partial charge in [-0.3, -0.25) is 5.09 Å². The summed E-state index contributed by atoms with van der Waals surface area (Å²) in [5.74, 6) is 0. The van der Waals surface area contributed by atoms with Crippen LogP contribution in [0.1, 0.15) is 13.8 Å². The molecule has 0 fully saturated rings. The molecule has 0 aliphatic heterocycles. The van der Waals surface area contributed by atoms with Gasteiger partial charge in [-0.2, -0.15) is 0 Å². The van der Waals surface area contributed by atoms with Crippen molar-refractivity contribution in [3.8, 4) is 0 Å². The molecule has 1 unspecified atom stereocenters. The van der Waals surface area contributed by atoms with E-state index < -0.39 is 6.72 Å². The summed E-state index contributed by atoms with van der Waals surface area (Å²) < 4.78 is 15.4. The molecule has 0 rings (SSSR count). The van der Waals surface area contributed by atoms with Gasteiger partial charge in [-0.05, 0) is 13.8 Å². The van der Waals surface area contributed by atoms with E-state index in [-0.39, 0.29) is 35.6 Å². The van der Waals surface area contributed by atoms with Gasteiger partial charge in [-0.25, -0.2) is 0 Å². The van der Waals surface area contributed by atoms with Gasteiger partial charge < -0.3 is 21.3 Å². The summed E-state index contributed by atoms with van der Waals surface area (Å²) in [7, 11) is 1.34. The maximum atomic E-state index is 10.9. The van der Waals surface area contributed by atoms with Gasteiger partial charge in [0.1, 0.15) is 6.72 Å². The molecule has 0 aliphatic carbocycles. The normalized spacial score (nSPS) is 16.1. The van der Waals surface area contributed by atoms with Crippen molar-refractivity contribution in [2.24, 2.45) is 0 Å². The Morgan fingerprint density at radius 1 is 1.60 bits per heavy atom. The van der Waals surface area contributed by atoms with Crippen LogP contribution in [0.15, 0.2) is 0 Å². The predicted octanol–water partition coefficient (Wildman–Crippen LogP) is -1.71. The van der Waals surface area contributed by atoms with Crippen LogP contribution in [-0.4, -0.2) is 13.2 Å². The van der Waals surface area contributed by atoms with E-state index in [1.807, 2.05) is 13.8 Å². The van der Waals surface area contributed by atoms with E-state index in [1.54, 1.807) is 0 Å². The fourth-order valence-electron chi connectivity index (χ4n) is 0.369. The van der Waals surface area contributed by atoms with Crippen LogP contribution in [0.4, 0.5) is 0 Å². The summed E-state index contributed by atoms with van der Waals surface area (Å²) in [6, 6.07) is 0.105. The standard InChI is InChI=1S/C4H12NO2PS.Na/c1-4(2)5-8(6,9)7-3;/h4H,1-3H3,(H2,5,6,9);/q;+1/p-1. The molecule has 0 heterocycles. The summed E-state index contributed by atoms with van der Waals surface area (Å²) in [5.41, 5.74) is 0. The van der Waals surface area contributed by atoms with Gasteiger partial charge in [-0.1, -0.05) is 0 Å². The van der Waals surface area contributed by atoms with Gasteiger partial charge in [0.15, 0.2) is 0 Å². The molecule has 0 saturated carbocycles. The Morgan fingerprint density at radius 2 is 2.00 bits per heavy atom. The van der Waals surface area contributed by atoms with Crippen LogP contribution >= 0.6 is 6.72 Å². The van der Waals surface area contributed by atoms with E-state index in [0.717, 1.165) is 0 Å². The third kappa shape index (κ3) is 7.61. The number of nitrogens with one attached hydrogen (secondary N) is 1. The number of rotatable bonds is 3. The fraction of sp³-hybridized carbons (Fsp3) is 1.00. The first kappa shape index (κ1) is 14.0. The topological polar surface area (TPSA) is 38.3 Å². The molecule has 1 N–H and O–H groups in total. The molecule has 0 aliphatic rings. The van der Waals surface area contributed by atoms with E-state index in [0.29, 0.717) is 0 Å². The van der Waals surface area contributed by atoms with Crippen LogP contribution in [0.2, 0.25) is 0 Å². The maximum Gasteiger partial charge on any atom is 1.00 e. The molecule has 0 spiro atoms. The molecule has 0 aromatic rings. The summed E-state index contributed by atoms with van der Waals surface area (Å²) in [6.07, 6.45) is 0. The van der Waals surface area contributed by atoms with Gasteiger partial charge in [0, 0.05) is 13.2 Å². The average molecular weight is 191 g/mol. The molecular formula is C4H11NNaO2PS. The van der Waals surface area contributed by atoms with Crippen LogP contribution < -0.4 is 34.6 Å². The summed E-state index contributed by atoms with van der Waals surface area (Å²) in [4.78, 5) is 0. The maximum absolute atomic E-state index is 10.9. The first-order chi connectivity index (χ1) is 3.98. The predicted molar refractivity (Wildman–Crippen MR) is 40.3 cm³/mol. The molecular weight excluding hydrogens is 180 g/mol. The van der Waals surface area contributed by atoms with Crippen molar-refractivity contribution in [1.29, 1.82) is 0 Å². The van der Waals surface area contributed by atoms with Gasteiger partial charge in [0.25, 0.3) is 0 Å². The van der Waals surface area contributed by atoms with Crippen LogP contribution in [0.25, 0.3) is 0 Å². The monoisotopic (exact) mass is 191 g/mol. The van der Waals surface area contributed by atoms with Gasteiger partial charge in [0.05, 0.1) is 0 Å². The second-order valence-electron chi connectivity index (χ2n) is 1.96. The molecule has 3 nitrogen and oxygen atoms in total. The van der Waals surface area contributed by atoms with Crippen molar-refractivity contribution in [2.45, 2.75) is 19.9 Å². The summed E-state index contributed by atoms with van der Waals surface area (Å²) >= 11 is 4.54. The first-order valence-electron chi connectivity index (χ1n) is 2.62. The molecule has 0 aromatic heterocycles. The Labute approximate surface area is 89.2 Å². The zero-order valence-corrected chi connectivity index (χ0v) is 10.5. The number of hydrogen-bond donors (Lipinski definition) is 1. The SMILES string of the molecule is COP(=O)([S-])NC(C)C.[Na+]. The van der Waals surface area contributed by atoms with Crippen molar-refractivity contribution in [3.05, 3.63) is 0 Å². The van der Waals surface area contributed by atoms with E-state index in [9.17, 15) is 4.57 Å². The Morgan fingerprint density at radius 3 is 2.10 bits per heavy atom. The van der Waals surface area contributed by atoms with Crippen molar-refractivity contribution in [2.75, 3.05) is 7.11 Å². The molecule has 6 heteroatoms. The Kier molecular flexibility index (Phi) is 8.52. The van der Waals surface area contributed by atoms with Crippen molar-refractivity contribution in [1.82, 2.24) is 5.09 Å². The molecule has 10 heavy (non-hydrogen) atoms. The van der Waals surface area contributed by atoms with E-state index in [2.05, 4.69) is 21.9 Å². The van der Waals surface area contributed by atoms with Crippen molar-refractivity contribution in [3.63, 3.8) is 0 Å². The van der Waals surface area contributed by atoms with Crippen LogP contribution in [0, 0.1) is 0 Å². The quantitative estimate of drug-likeness (QED) is 0.327. The number of hydrogen-bond acceptors (Lipinski definition) is 3. The molecule has 1 atom stereocenters. The largest absolute Gasteiger partial charge is 1.00 e. The van der Waals surface area contributed by atoms with Crippen molar-refractivity contribution < 1.29 is 38.6 Å². The molecule has 0 saturated heterocycles. The van der Waals surface area contributed by atoms with Crippen LogP contribution in [0.3, 0.4) is 0 Å². The molecule has 0 amide bonds. The third-order valence-electron chi connectivity index (χ3n) is 0.657. The zero-order valence-electron chi connectivity index (χ0n) is 6.75. The Balaban J connectivity index is 0. The van der Waals surface area contributed by atoms with Gasteiger partial charge in [0.2, 0.25) is 0 Å². The van der Waals surface area contributed by atoms with Crippen molar-refractivity contribution >= 4 is 19.0 Å². The molecule has 0 aromatic carbocycles. The molecule has 0 radical (unpaired) electrons. The van der Waals surface area contributed by atoms with Gasteiger partial charge in [-0.15, -0.1) is 0 Å². The minimum atomic E-state index is -2.90. The summed E-state index contributed by atoms with van der Waals surface area (Å²) in [5, 5.41) is 2.62. The van der Waals surface area contributed by atoms with Crippen LogP contribution in [-0.2, 0) is 21.3 Å². The van der Waals surface area contributed by atoms with Crippen LogP contribution in [0.5, 0.6) is 0 Å². The van der Waals surface area contributed by atoms with E-state index in [4.69, 9.17) is 0 Å². The minimum Gasteiger partial charge on any atom is -0.673 e. The molecule has 56 valence electrons. The second kappa shape index (κ2) is 6.06. The average Bonchev–Trinajstić information content (AvgIpc) is 1.63. The van der Waals surface area contributed by atoms with Gasteiger partial charge >= 0.3 is 29.6 Å². The smallest absolute Gasteiger partial charge is 0.673 e. The summed E-state index contributed by atoms with van der Waals surface area (Å²) in [6.45, 7) is 0.822. The second-order valence-corrected chi connectivity index (χ2v) is 5.02. The Bertz CT molecular complexity index is 132. The fourth-order valence-corrected chi connectivity index (χ4v) is 1.74. The van der Waals surface area contributed by atoms with E-state index in [1.165, 1.54) is 7.11 Å². The first-order valence-corrected chi connectivity index (χ1v) is 5.26. The third-order valence-corrected chi connectivity index (χ3v) is 2.73. The van der Waals surface area contributed by atoms with E-state index >= 15 is 0 Å². The molecule has 0 bridgehead atoms. The zero-order chi connectivity index (χ0) is 7.49. The Hall–Kier alpha value is 1.50.